The third-order valence-corrected chi connectivity index (χ3v) is 4.44. The van der Waals surface area contributed by atoms with Crippen molar-refractivity contribution < 1.29 is 9.53 Å². The van der Waals surface area contributed by atoms with Gasteiger partial charge in [0.05, 0.1) is 5.69 Å². The van der Waals surface area contributed by atoms with Crippen molar-refractivity contribution in [3.05, 3.63) is 54.6 Å². The first-order valence-corrected chi connectivity index (χ1v) is 8.54. The molecule has 2 aromatic carbocycles. The molecular weight excluding hydrogens is 300 g/mol. The van der Waals surface area contributed by atoms with Crippen LogP contribution in [0, 0.1) is 5.92 Å². The van der Waals surface area contributed by atoms with Crippen LogP contribution >= 0.6 is 0 Å². The monoisotopic (exact) mass is 324 g/mol. The minimum absolute atomic E-state index is 0.0692. The lowest BCUT2D eigenvalue weighted by Crippen LogP contribution is -2.24. The minimum Gasteiger partial charge on any atom is -0.455 e. The topological polar surface area (TPSA) is 41.6 Å². The van der Waals surface area contributed by atoms with Crippen LogP contribution in [0.1, 0.15) is 19.3 Å². The van der Waals surface area contributed by atoms with Gasteiger partial charge in [-0.05, 0) is 63.7 Å². The number of hydrogen-bond donors (Lipinski definition) is 1. The highest BCUT2D eigenvalue weighted by atomic mass is 16.5. The number of ether oxygens (including phenoxy) is 1. The Balaban J connectivity index is 1.69. The fourth-order valence-corrected chi connectivity index (χ4v) is 3.01. The Hall–Kier alpha value is -2.33. The van der Waals surface area contributed by atoms with E-state index in [1.54, 1.807) is 0 Å². The number of nitrogens with one attached hydrogen (secondary N) is 1. The van der Waals surface area contributed by atoms with Gasteiger partial charge in [-0.2, -0.15) is 0 Å². The SMILES string of the molecule is CN1CCCC(C(=O)Nc2ccccc2Oc2ccccc2)CC1. The van der Waals surface area contributed by atoms with Crippen molar-refractivity contribution in [2.24, 2.45) is 5.92 Å². The smallest absolute Gasteiger partial charge is 0.227 e. The predicted molar refractivity (Wildman–Crippen MR) is 96.4 cm³/mol. The number of hydrogen-bond acceptors (Lipinski definition) is 3. The highest BCUT2D eigenvalue weighted by Gasteiger charge is 2.22. The molecule has 1 atom stereocenters. The lowest BCUT2D eigenvalue weighted by Gasteiger charge is -2.17. The molecule has 1 fully saturated rings. The molecule has 0 bridgehead atoms. The number of benzene rings is 2. The molecule has 1 heterocycles. The van der Waals surface area contributed by atoms with Gasteiger partial charge in [-0.15, -0.1) is 0 Å². The van der Waals surface area contributed by atoms with Crippen LogP contribution in [0.25, 0.3) is 0 Å². The van der Waals surface area contributed by atoms with Crippen LogP contribution in [-0.4, -0.2) is 30.9 Å². The third-order valence-electron chi connectivity index (χ3n) is 4.44. The molecule has 1 unspecified atom stereocenters. The van der Waals surface area contributed by atoms with Crippen LogP contribution in [-0.2, 0) is 4.79 Å². The summed E-state index contributed by atoms with van der Waals surface area (Å²) in [5.41, 5.74) is 0.726. The number of likely N-dealkylation sites (tertiary alicyclic amines) is 1. The molecule has 3 rings (SSSR count). The second-order valence-corrected chi connectivity index (χ2v) is 6.33. The van der Waals surface area contributed by atoms with Crippen LogP contribution in [0.4, 0.5) is 5.69 Å². The van der Waals surface area contributed by atoms with Crippen LogP contribution in [0.15, 0.2) is 54.6 Å². The van der Waals surface area contributed by atoms with Crippen LogP contribution in [0.2, 0.25) is 0 Å². The molecule has 1 amide bonds. The molecule has 4 heteroatoms. The lowest BCUT2D eigenvalue weighted by molar-refractivity contribution is -0.120. The Morgan fingerprint density at radius 1 is 1.04 bits per heavy atom. The molecule has 24 heavy (non-hydrogen) atoms. The maximum atomic E-state index is 12.6. The summed E-state index contributed by atoms with van der Waals surface area (Å²) in [4.78, 5) is 14.9. The Labute approximate surface area is 143 Å². The van der Waals surface area contributed by atoms with Gasteiger partial charge in [0, 0.05) is 5.92 Å². The van der Waals surface area contributed by atoms with Crippen molar-refractivity contribution in [3.8, 4) is 11.5 Å². The molecule has 0 aromatic heterocycles. The maximum absolute atomic E-state index is 12.6. The molecule has 0 aliphatic carbocycles. The zero-order valence-corrected chi connectivity index (χ0v) is 14.1. The highest BCUT2D eigenvalue weighted by molar-refractivity contribution is 5.94. The molecule has 0 saturated carbocycles. The number of carbonyl (C=O) groups excluding carboxylic acids is 1. The van der Waals surface area contributed by atoms with E-state index in [-0.39, 0.29) is 11.8 Å². The van der Waals surface area contributed by atoms with Gasteiger partial charge in [0.2, 0.25) is 5.91 Å². The van der Waals surface area contributed by atoms with Gasteiger partial charge in [0.25, 0.3) is 0 Å². The predicted octanol–water partition coefficient (Wildman–Crippen LogP) is 4.15. The van der Waals surface area contributed by atoms with E-state index in [9.17, 15) is 4.79 Å². The fraction of sp³-hybridized carbons (Fsp3) is 0.350. The first-order valence-electron chi connectivity index (χ1n) is 8.54. The Morgan fingerprint density at radius 3 is 2.62 bits per heavy atom. The summed E-state index contributed by atoms with van der Waals surface area (Å²) in [5, 5.41) is 3.06. The summed E-state index contributed by atoms with van der Waals surface area (Å²) in [6, 6.07) is 17.2. The summed E-state index contributed by atoms with van der Waals surface area (Å²) in [6.07, 6.45) is 2.92. The zero-order chi connectivity index (χ0) is 16.8. The first kappa shape index (κ1) is 16.5. The average Bonchev–Trinajstić information content (AvgIpc) is 2.82. The van der Waals surface area contributed by atoms with Gasteiger partial charge in [0.1, 0.15) is 5.75 Å². The number of rotatable bonds is 4. The first-order chi connectivity index (χ1) is 11.7. The summed E-state index contributed by atoms with van der Waals surface area (Å²) in [5.74, 6) is 1.59. The number of para-hydroxylation sites is 3. The largest absolute Gasteiger partial charge is 0.455 e. The van der Waals surface area contributed by atoms with Gasteiger partial charge in [-0.25, -0.2) is 0 Å². The second kappa shape index (κ2) is 7.97. The molecular formula is C20H24N2O2. The number of nitrogens with zero attached hydrogens (tertiary/aromatic N) is 1. The van der Waals surface area contributed by atoms with Gasteiger partial charge < -0.3 is 15.0 Å². The maximum Gasteiger partial charge on any atom is 0.227 e. The van der Waals surface area contributed by atoms with E-state index in [4.69, 9.17) is 4.74 Å². The Kier molecular flexibility index (Phi) is 5.49. The molecule has 1 aliphatic heterocycles. The van der Waals surface area contributed by atoms with E-state index >= 15 is 0 Å². The number of amides is 1. The van der Waals surface area contributed by atoms with E-state index in [0.717, 1.165) is 43.8 Å². The second-order valence-electron chi connectivity index (χ2n) is 6.33. The molecule has 1 N–H and O–H groups in total. The molecule has 0 spiro atoms. The Morgan fingerprint density at radius 2 is 1.79 bits per heavy atom. The summed E-state index contributed by atoms with van der Waals surface area (Å²) in [7, 11) is 2.11. The van der Waals surface area contributed by atoms with E-state index in [2.05, 4.69) is 17.3 Å². The Bertz CT molecular complexity index is 672. The van der Waals surface area contributed by atoms with Crippen molar-refractivity contribution in [1.29, 1.82) is 0 Å². The molecule has 4 nitrogen and oxygen atoms in total. The van der Waals surface area contributed by atoms with E-state index in [0.29, 0.717) is 5.75 Å². The standard InChI is InChI=1S/C20H24N2O2/c1-22-14-7-8-16(13-15-22)20(23)21-18-11-5-6-12-19(18)24-17-9-3-2-4-10-17/h2-6,9-12,16H,7-8,13-15H2,1H3,(H,21,23). The zero-order valence-electron chi connectivity index (χ0n) is 14.1. The van der Waals surface area contributed by atoms with Crippen molar-refractivity contribution >= 4 is 11.6 Å². The summed E-state index contributed by atoms with van der Waals surface area (Å²) in [6.45, 7) is 2.04. The molecule has 126 valence electrons. The number of anilines is 1. The van der Waals surface area contributed by atoms with Gasteiger partial charge >= 0.3 is 0 Å². The van der Waals surface area contributed by atoms with Crippen molar-refractivity contribution in [3.63, 3.8) is 0 Å². The molecule has 1 aliphatic rings. The average molecular weight is 324 g/mol. The summed E-state index contributed by atoms with van der Waals surface area (Å²) >= 11 is 0. The van der Waals surface area contributed by atoms with Crippen molar-refractivity contribution in [2.45, 2.75) is 19.3 Å². The van der Waals surface area contributed by atoms with E-state index in [1.807, 2.05) is 54.6 Å². The highest BCUT2D eigenvalue weighted by Crippen LogP contribution is 2.30. The molecule has 0 radical (unpaired) electrons. The normalized spacial score (nSPS) is 18.6. The van der Waals surface area contributed by atoms with Crippen molar-refractivity contribution in [2.75, 3.05) is 25.5 Å². The fourth-order valence-electron chi connectivity index (χ4n) is 3.01. The van der Waals surface area contributed by atoms with Gasteiger partial charge in [-0.1, -0.05) is 30.3 Å². The number of carbonyl (C=O) groups is 1. The molecule has 1 saturated heterocycles. The van der Waals surface area contributed by atoms with E-state index in [1.165, 1.54) is 0 Å². The lowest BCUT2D eigenvalue weighted by atomic mass is 9.99. The minimum atomic E-state index is 0.0692. The van der Waals surface area contributed by atoms with Gasteiger partial charge in [-0.3, -0.25) is 4.79 Å². The van der Waals surface area contributed by atoms with Crippen LogP contribution in [0.5, 0.6) is 11.5 Å². The summed E-state index contributed by atoms with van der Waals surface area (Å²) < 4.78 is 5.92. The third kappa shape index (κ3) is 4.36. The van der Waals surface area contributed by atoms with E-state index < -0.39 is 0 Å². The van der Waals surface area contributed by atoms with Crippen LogP contribution < -0.4 is 10.1 Å². The quantitative estimate of drug-likeness (QED) is 0.918. The van der Waals surface area contributed by atoms with Crippen molar-refractivity contribution in [1.82, 2.24) is 4.90 Å². The van der Waals surface area contributed by atoms with Gasteiger partial charge in [0.15, 0.2) is 5.75 Å². The van der Waals surface area contributed by atoms with Crippen LogP contribution in [0.3, 0.4) is 0 Å². The molecule has 2 aromatic rings.